The number of rotatable bonds is 7. The molecule has 0 heterocycles. The van der Waals surface area contributed by atoms with E-state index in [1.165, 1.54) is 24.8 Å². The Kier molecular flexibility index (Phi) is 8.38. The molecule has 2 rings (SSSR count). The van der Waals surface area contributed by atoms with Gasteiger partial charge < -0.3 is 12.4 Å². The Morgan fingerprint density at radius 2 is 1.65 bits per heavy atom. The Labute approximate surface area is 145 Å². The van der Waals surface area contributed by atoms with Crippen molar-refractivity contribution in [2.75, 3.05) is 7.05 Å². The summed E-state index contributed by atoms with van der Waals surface area (Å²) in [6.07, 6.45) is 4.79. The summed E-state index contributed by atoms with van der Waals surface area (Å²) in [4.78, 5) is 12.3. The SMILES string of the molecule is CCCCCc1ccc(C(=O)N[NH+](C)c2ccccc2)cc1.[Cl-]. The van der Waals surface area contributed by atoms with E-state index in [0.29, 0.717) is 5.56 Å². The van der Waals surface area contributed by atoms with Crippen LogP contribution in [0.4, 0.5) is 5.69 Å². The number of para-hydroxylation sites is 1. The van der Waals surface area contributed by atoms with Crippen LogP contribution in [0, 0.1) is 0 Å². The van der Waals surface area contributed by atoms with E-state index >= 15 is 0 Å². The number of amides is 1. The number of aryl methyl sites for hydroxylation is 1. The third-order valence-corrected chi connectivity index (χ3v) is 3.79. The van der Waals surface area contributed by atoms with Gasteiger partial charge in [0.1, 0.15) is 0 Å². The van der Waals surface area contributed by atoms with Crippen LogP contribution < -0.4 is 22.8 Å². The second-order valence-electron chi connectivity index (χ2n) is 5.60. The standard InChI is InChI=1S/C19H24N2O.ClH/c1-3-4-6-9-16-12-14-17(15-13-16)19(22)20-21(2)18-10-7-5-8-11-18;/h5,7-8,10-15H,3-4,6,9H2,1-2H3,(H,20,22);1H. The van der Waals surface area contributed by atoms with Gasteiger partial charge in [-0.25, -0.2) is 5.01 Å². The van der Waals surface area contributed by atoms with Crippen LogP contribution in [0.3, 0.4) is 0 Å². The Morgan fingerprint density at radius 3 is 2.26 bits per heavy atom. The van der Waals surface area contributed by atoms with Gasteiger partial charge in [0.15, 0.2) is 5.69 Å². The molecule has 0 saturated heterocycles. The maximum absolute atomic E-state index is 12.3. The first-order valence-electron chi connectivity index (χ1n) is 8.00. The maximum atomic E-state index is 12.3. The van der Waals surface area contributed by atoms with Crippen LogP contribution in [0.25, 0.3) is 0 Å². The minimum absolute atomic E-state index is 0. The van der Waals surface area contributed by atoms with Crippen molar-refractivity contribution < 1.29 is 22.2 Å². The van der Waals surface area contributed by atoms with Crippen LogP contribution >= 0.6 is 0 Å². The second-order valence-corrected chi connectivity index (χ2v) is 5.60. The zero-order valence-corrected chi connectivity index (χ0v) is 14.6. The molecule has 1 amide bonds. The van der Waals surface area contributed by atoms with Gasteiger partial charge in [0.2, 0.25) is 0 Å². The van der Waals surface area contributed by atoms with Gasteiger partial charge >= 0.3 is 0 Å². The largest absolute Gasteiger partial charge is 1.00 e. The number of benzene rings is 2. The zero-order chi connectivity index (χ0) is 15.8. The third kappa shape index (κ3) is 6.05. The van der Waals surface area contributed by atoms with E-state index in [9.17, 15) is 4.79 Å². The van der Waals surface area contributed by atoms with Crippen molar-refractivity contribution in [2.24, 2.45) is 0 Å². The van der Waals surface area contributed by atoms with Crippen LogP contribution in [0.1, 0.15) is 42.1 Å². The van der Waals surface area contributed by atoms with Crippen molar-refractivity contribution in [1.82, 2.24) is 5.43 Å². The second kappa shape index (κ2) is 10.0. The summed E-state index contributed by atoms with van der Waals surface area (Å²) < 4.78 is 0. The molecule has 2 aromatic rings. The first kappa shape index (κ1) is 19.2. The molecule has 4 heteroatoms. The molecule has 3 nitrogen and oxygen atoms in total. The normalized spacial score (nSPS) is 11.4. The average Bonchev–Trinajstić information content (AvgIpc) is 2.56. The lowest BCUT2D eigenvalue weighted by atomic mass is 10.1. The molecule has 0 bridgehead atoms. The molecule has 0 saturated carbocycles. The molecule has 0 aromatic heterocycles. The number of hydrogen-bond acceptors (Lipinski definition) is 1. The first-order valence-corrected chi connectivity index (χ1v) is 8.00. The van der Waals surface area contributed by atoms with Gasteiger partial charge in [0.25, 0.3) is 5.91 Å². The lowest BCUT2D eigenvalue weighted by molar-refractivity contribution is -0.849. The maximum Gasteiger partial charge on any atom is 0.296 e. The van der Waals surface area contributed by atoms with Crippen molar-refractivity contribution in [3.63, 3.8) is 0 Å². The quantitative estimate of drug-likeness (QED) is 0.539. The van der Waals surface area contributed by atoms with E-state index in [1.807, 2.05) is 49.5 Å². The summed E-state index contributed by atoms with van der Waals surface area (Å²) in [6, 6.07) is 17.8. The molecule has 124 valence electrons. The number of carbonyl (C=O) groups excluding carboxylic acids is 1. The van der Waals surface area contributed by atoms with E-state index in [1.54, 1.807) is 0 Å². The number of unbranched alkanes of at least 4 members (excludes halogenated alkanes) is 2. The van der Waals surface area contributed by atoms with Crippen LogP contribution in [-0.2, 0) is 6.42 Å². The minimum Gasteiger partial charge on any atom is -1.00 e. The molecular formula is C19H25ClN2O. The van der Waals surface area contributed by atoms with Crippen LogP contribution in [0.2, 0.25) is 0 Å². The van der Waals surface area contributed by atoms with E-state index in [0.717, 1.165) is 17.1 Å². The van der Waals surface area contributed by atoms with E-state index in [-0.39, 0.29) is 18.3 Å². The molecule has 2 aromatic carbocycles. The zero-order valence-electron chi connectivity index (χ0n) is 13.8. The van der Waals surface area contributed by atoms with E-state index in [2.05, 4.69) is 24.5 Å². The molecule has 0 radical (unpaired) electrons. The fourth-order valence-corrected chi connectivity index (χ4v) is 2.40. The monoisotopic (exact) mass is 332 g/mol. The summed E-state index contributed by atoms with van der Waals surface area (Å²) in [5.41, 5.74) is 6.00. The summed E-state index contributed by atoms with van der Waals surface area (Å²) in [6.45, 7) is 2.21. The predicted octanol–water partition coefficient (Wildman–Crippen LogP) is -0.0855. The van der Waals surface area contributed by atoms with Crippen molar-refractivity contribution in [2.45, 2.75) is 32.6 Å². The fourth-order valence-electron chi connectivity index (χ4n) is 2.40. The van der Waals surface area contributed by atoms with Gasteiger partial charge in [-0.1, -0.05) is 50.1 Å². The van der Waals surface area contributed by atoms with Crippen molar-refractivity contribution in [3.05, 3.63) is 65.7 Å². The summed E-state index contributed by atoms with van der Waals surface area (Å²) >= 11 is 0. The van der Waals surface area contributed by atoms with Crippen molar-refractivity contribution >= 4 is 11.6 Å². The highest BCUT2D eigenvalue weighted by atomic mass is 35.5. The topological polar surface area (TPSA) is 33.5 Å². The van der Waals surface area contributed by atoms with E-state index in [4.69, 9.17) is 0 Å². The number of nitrogens with one attached hydrogen (secondary N) is 2. The van der Waals surface area contributed by atoms with E-state index < -0.39 is 0 Å². The first-order chi connectivity index (χ1) is 10.7. The lowest BCUT2D eigenvalue weighted by Gasteiger charge is -2.14. The van der Waals surface area contributed by atoms with Gasteiger partial charge in [0, 0.05) is 17.7 Å². The molecular weight excluding hydrogens is 308 g/mol. The number of quaternary nitrogens is 1. The molecule has 0 aliphatic rings. The van der Waals surface area contributed by atoms with Gasteiger partial charge in [-0.15, -0.1) is 0 Å². The molecule has 23 heavy (non-hydrogen) atoms. The fraction of sp³-hybridized carbons (Fsp3) is 0.316. The average molecular weight is 333 g/mol. The highest BCUT2D eigenvalue weighted by molar-refractivity contribution is 5.93. The number of hydrogen-bond donors (Lipinski definition) is 2. The van der Waals surface area contributed by atoms with Gasteiger partial charge in [-0.2, -0.15) is 5.43 Å². The summed E-state index contributed by atoms with van der Waals surface area (Å²) in [5.74, 6) is -0.0542. The Morgan fingerprint density at radius 1 is 1.00 bits per heavy atom. The summed E-state index contributed by atoms with van der Waals surface area (Å²) in [7, 11) is 1.92. The molecule has 2 N–H and O–H groups in total. The van der Waals surface area contributed by atoms with Gasteiger partial charge in [-0.3, -0.25) is 4.79 Å². The van der Waals surface area contributed by atoms with Crippen LogP contribution in [0.15, 0.2) is 54.6 Å². The van der Waals surface area contributed by atoms with Crippen molar-refractivity contribution in [3.8, 4) is 0 Å². The molecule has 0 aliphatic carbocycles. The lowest BCUT2D eigenvalue weighted by Crippen LogP contribution is -3.12. The molecule has 1 unspecified atom stereocenters. The number of halogens is 1. The van der Waals surface area contributed by atoms with Crippen molar-refractivity contribution in [1.29, 1.82) is 0 Å². The molecule has 0 fully saturated rings. The summed E-state index contributed by atoms with van der Waals surface area (Å²) in [5, 5.41) is 0.873. The third-order valence-electron chi connectivity index (χ3n) is 3.79. The Hall–Kier alpha value is -1.84. The van der Waals surface area contributed by atoms with Crippen LogP contribution in [0.5, 0.6) is 0 Å². The van der Waals surface area contributed by atoms with Crippen LogP contribution in [-0.4, -0.2) is 13.0 Å². The highest BCUT2D eigenvalue weighted by Gasteiger charge is 2.12. The predicted molar refractivity (Wildman–Crippen MR) is 90.1 cm³/mol. The highest BCUT2D eigenvalue weighted by Crippen LogP contribution is 2.08. The van der Waals surface area contributed by atoms with Gasteiger partial charge in [-0.05, 0) is 30.5 Å². The molecule has 1 atom stereocenters. The minimum atomic E-state index is -0.0542. The molecule has 0 aliphatic heterocycles. The Bertz CT molecular complexity index is 584. The smallest absolute Gasteiger partial charge is 0.296 e. The molecule has 0 spiro atoms. The van der Waals surface area contributed by atoms with Gasteiger partial charge in [0.05, 0.1) is 7.05 Å². The Balaban J connectivity index is 0.00000264. The number of carbonyl (C=O) groups is 1.